The minimum Gasteiger partial charge on any atom is -0.493 e. The molecule has 0 aliphatic carbocycles. The van der Waals surface area contributed by atoms with Crippen molar-refractivity contribution < 1.29 is 14.2 Å². The third kappa shape index (κ3) is 4.73. The van der Waals surface area contributed by atoms with E-state index in [2.05, 4.69) is 26.5 Å². The molecule has 0 unspecified atom stereocenters. The highest BCUT2D eigenvalue weighted by Gasteiger charge is 2.29. The van der Waals surface area contributed by atoms with Crippen molar-refractivity contribution in [2.75, 3.05) is 26.6 Å². The van der Waals surface area contributed by atoms with Gasteiger partial charge in [0.15, 0.2) is 11.5 Å². The van der Waals surface area contributed by atoms with Crippen LogP contribution in [0.1, 0.15) is 39.5 Å². The first-order valence-corrected chi connectivity index (χ1v) is 8.24. The quantitative estimate of drug-likeness (QED) is 0.640. The van der Waals surface area contributed by atoms with Gasteiger partial charge in [-0.2, -0.15) is 12.6 Å². The second-order valence-electron chi connectivity index (χ2n) is 5.44. The smallest absolute Gasteiger partial charge is 0.203 e. The van der Waals surface area contributed by atoms with Gasteiger partial charge in [-0.1, -0.05) is 32.8 Å². The zero-order valence-electron chi connectivity index (χ0n) is 13.6. The number of thiol groups is 1. The van der Waals surface area contributed by atoms with Crippen LogP contribution in [-0.4, -0.2) is 26.6 Å². The third-order valence-electron chi connectivity index (χ3n) is 3.80. The van der Waals surface area contributed by atoms with Gasteiger partial charge in [0.2, 0.25) is 5.75 Å². The largest absolute Gasteiger partial charge is 0.493 e. The van der Waals surface area contributed by atoms with E-state index in [4.69, 9.17) is 14.2 Å². The maximum atomic E-state index is 6.11. The van der Waals surface area contributed by atoms with Crippen LogP contribution in [0, 0.1) is 5.41 Å². The summed E-state index contributed by atoms with van der Waals surface area (Å²) in [6, 6.07) is 5.67. The molecule has 0 amide bonds. The minimum atomic E-state index is 0.110. The Balaban J connectivity index is 2.93. The van der Waals surface area contributed by atoms with Crippen molar-refractivity contribution in [2.45, 2.75) is 39.5 Å². The molecule has 0 radical (unpaired) electrons. The lowest BCUT2D eigenvalue weighted by Crippen LogP contribution is -2.30. The van der Waals surface area contributed by atoms with Crippen molar-refractivity contribution in [3.8, 4) is 17.2 Å². The van der Waals surface area contributed by atoms with E-state index in [0.29, 0.717) is 23.9 Å². The zero-order valence-corrected chi connectivity index (χ0v) is 14.5. The first-order valence-electron chi connectivity index (χ1n) is 7.61. The summed E-state index contributed by atoms with van der Waals surface area (Å²) < 4.78 is 16.9. The van der Waals surface area contributed by atoms with Crippen LogP contribution in [0.25, 0.3) is 0 Å². The van der Waals surface area contributed by atoms with Crippen LogP contribution in [0.5, 0.6) is 17.2 Å². The third-order valence-corrected chi connectivity index (χ3v) is 4.47. The SMILES string of the molecule is CCCC(CS)(CCC)COc1c(OC)cccc1OC. The molecule has 1 aromatic carbocycles. The Bertz CT molecular complexity index is 392. The number of hydrogen-bond donors (Lipinski definition) is 1. The average Bonchev–Trinajstić information content (AvgIpc) is 2.52. The summed E-state index contributed by atoms with van der Waals surface area (Å²) in [5, 5.41) is 0. The van der Waals surface area contributed by atoms with Gasteiger partial charge in [0.1, 0.15) is 0 Å². The van der Waals surface area contributed by atoms with E-state index >= 15 is 0 Å². The molecule has 0 saturated carbocycles. The molecule has 0 fully saturated rings. The summed E-state index contributed by atoms with van der Waals surface area (Å²) in [6.45, 7) is 5.05. The summed E-state index contributed by atoms with van der Waals surface area (Å²) in [4.78, 5) is 0. The second-order valence-corrected chi connectivity index (χ2v) is 5.75. The zero-order chi connectivity index (χ0) is 15.7. The Morgan fingerprint density at radius 3 is 1.90 bits per heavy atom. The summed E-state index contributed by atoms with van der Waals surface area (Å²) in [7, 11) is 3.29. The Morgan fingerprint density at radius 2 is 1.52 bits per heavy atom. The summed E-state index contributed by atoms with van der Waals surface area (Å²) in [5.41, 5.74) is 0.110. The van der Waals surface area contributed by atoms with Crippen LogP contribution >= 0.6 is 12.6 Å². The molecular weight excluding hydrogens is 284 g/mol. The molecular formula is C17H28O3S. The fourth-order valence-electron chi connectivity index (χ4n) is 2.72. The van der Waals surface area contributed by atoms with E-state index < -0.39 is 0 Å². The highest BCUT2D eigenvalue weighted by atomic mass is 32.1. The molecule has 0 spiro atoms. The van der Waals surface area contributed by atoms with Gasteiger partial charge in [0, 0.05) is 5.41 Å². The molecule has 1 rings (SSSR count). The predicted molar refractivity (Wildman–Crippen MR) is 91.1 cm³/mol. The van der Waals surface area contributed by atoms with Gasteiger partial charge in [-0.25, -0.2) is 0 Å². The molecule has 0 saturated heterocycles. The number of benzene rings is 1. The van der Waals surface area contributed by atoms with Crippen LogP contribution < -0.4 is 14.2 Å². The van der Waals surface area contributed by atoms with Gasteiger partial charge in [-0.15, -0.1) is 0 Å². The molecule has 1 aromatic rings. The maximum Gasteiger partial charge on any atom is 0.203 e. The number of hydrogen-bond acceptors (Lipinski definition) is 4. The molecule has 0 bridgehead atoms. The molecule has 0 atom stereocenters. The molecule has 4 heteroatoms. The fourth-order valence-corrected chi connectivity index (χ4v) is 3.13. The van der Waals surface area contributed by atoms with Crippen LogP contribution in [-0.2, 0) is 0 Å². The average molecular weight is 312 g/mol. The normalized spacial score (nSPS) is 11.3. The lowest BCUT2D eigenvalue weighted by Gasteiger charge is -2.32. The van der Waals surface area contributed by atoms with Crippen LogP contribution in [0.2, 0.25) is 0 Å². The number of ether oxygens (including phenoxy) is 3. The Kier molecular flexibility index (Phi) is 7.79. The molecule has 0 N–H and O–H groups in total. The van der Waals surface area contributed by atoms with E-state index in [9.17, 15) is 0 Å². The molecule has 0 heterocycles. The maximum absolute atomic E-state index is 6.11. The number of methoxy groups -OCH3 is 2. The molecule has 0 aliphatic rings. The predicted octanol–water partition coefficient (Wildman–Crippen LogP) is 4.60. The van der Waals surface area contributed by atoms with Crippen molar-refractivity contribution >= 4 is 12.6 Å². The van der Waals surface area contributed by atoms with Gasteiger partial charge in [0.25, 0.3) is 0 Å². The summed E-state index contributed by atoms with van der Waals surface area (Å²) >= 11 is 4.57. The van der Waals surface area contributed by atoms with Gasteiger partial charge in [0.05, 0.1) is 20.8 Å². The van der Waals surface area contributed by atoms with Gasteiger partial charge < -0.3 is 14.2 Å². The first-order chi connectivity index (χ1) is 10.2. The second kappa shape index (κ2) is 9.08. The minimum absolute atomic E-state index is 0.110. The number of para-hydroxylation sites is 1. The van der Waals surface area contributed by atoms with Crippen LogP contribution in [0.15, 0.2) is 18.2 Å². The van der Waals surface area contributed by atoms with E-state index in [1.165, 1.54) is 0 Å². The first kappa shape index (κ1) is 18.0. The highest BCUT2D eigenvalue weighted by Crippen LogP contribution is 2.39. The lowest BCUT2D eigenvalue weighted by molar-refractivity contribution is 0.136. The topological polar surface area (TPSA) is 27.7 Å². The van der Waals surface area contributed by atoms with Crippen molar-refractivity contribution in [3.63, 3.8) is 0 Å². The van der Waals surface area contributed by atoms with E-state index in [1.54, 1.807) is 14.2 Å². The monoisotopic (exact) mass is 312 g/mol. The van der Waals surface area contributed by atoms with Crippen molar-refractivity contribution in [3.05, 3.63) is 18.2 Å². The van der Waals surface area contributed by atoms with Crippen molar-refractivity contribution in [1.82, 2.24) is 0 Å². The van der Waals surface area contributed by atoms with E-state index in [1.807, 2.05) is 18.2 Å². The van der Waals surface area contributed by atoms with E-state index in [-0.39, 0.29) is 5.41 Å². The molecule has 0 aromatic heterocycles. The molecule has 0 aliphatic heterocycles. The molecule has 21 heavy (non-hydrogen) atoms. The van der Waals surface area contributed by atoms with Gasteiger partial charge in [-0.05, 0) is 30.7 Å². The molecule has 120 valence electrons. The standard InChI is InChI=1S/C17H28O3S/c1-5-10-17(13-21,11-6-2)12-20-16-14(18-3)8-7-9-15(16)19-4/h7-9,21H,5-6,10-13H2,1-4H3. The Labute approximate surface area is 134 Å². The lowest BCUT2D eigenvalue weighted by atomic mass is 9.82. The Morgan fingerprint density at radius 1 is 1.00 bits per heavy atom. The van der Waals surface area contributed by atoms with Crippen molar-refractivity contribution in [2.24, 2.45) is 5.41 Å². The molecule has 3 nitrogen and oxygen atoms in total. The Hall–Kier alpha value is -1.03. The van der Waals surface area contributed by atoms with Gasteiger partial charge >= 0.3 is 0 Å². The highest BCUT2D eigenvalue weighted by molar-refractivity contribution is 7.80. The van der Waals surface area contributed by atoms with Crippen molar-refractivity contribution in [1.29, 1.82) is 0 Å². The van der Waals surface area contributed by atoms with Crippen LogP contribution in [0.3, 0.4) is 0 Å². The fraction of sp³-hybridized carbons (Fsp3) is 0.647. The number of rotatable bonds is 10. The summed E-state index contributed by atoms with van der Waals surface area (Å²) in [5.74, 6) is 2.92. The summed E-state index contributed by atoms with van der Waals surface area (Å²) in [6.07, 6.45) is 4.49. The van der Waals surface area contributed by atoms with Crippen LogP contribution in [0.4, 0.5) is 0 Å². The van der Waals surface area contributed by atoms with Gasteiger partial charge in [-0.3, -0.25) is 0 Å². The van der Waals surface area contributed by atoms with E-state index in [0.717, 1.165) is 31.4 Å².